The van der Waals surface area contributed by atoms with Crippen molar-refractivity contribution >= 4 is 35.0 Å². The predicted molar refractivity (Wildman–Crippen MR) is 84.7 cm³/mol. The summed E-state index contributed by atoms with van der Waals surface area (Å²) in [6.45, 7) is 1.94. The molecule has 0 bridgehead atoms. The van der Waals surface area contributed by atoms with E-state index in [1.807, 2.05) is 25.1 Å². The molecule has 0 saturated heterocycles. The molecule has 0 heterocycles. The molecule has 1 amide bonds. The van der Waals surface area contributed by atoms with Crippen LogP contribution in [0, 0.1) is 6.92 Å². The molecule has 0 atom stereocenters. The SMILES string of the molecule is Cc1ccc(/C=C/C(=O)Nc2ccc(Cl)cc2)cc1N. The van der Waals surface area contributed by atoms with Gasteiger partial charge in [-0.15, -0.1) is 0 Å². The second-order valence-electron chi connectivity index (χ2n) is 4.45. The number of nitrogens with one attached hydrogen (secondary N) is 1. The number of rotatable bonds is 3. The third-order valence-corrected chi connectivity index (χ3v) is 3.09. The smallest absolute Gasteiger partial charge is 0.248 e. The molecule has 0 aliphatic rings. The van der Waals surface area contributed by atoms with Crippen molar-refractivity contribution in [3.63, 3.8) is 0 Å². The monoisotopic (exact) mass is 286 g/mol. The van der Waals surface area contributed by atoms with Crippen molar-refractivity contribution in [2.24, 2.45) is 0 Å². The lowest BCUT2D eigenvalue weighted by atomic mass is 10.1. The van der Waals surface area contributed by atoms with Crippen LogP contribution in [0.25, 0.3) is 6.08 Å². The molecular weight excluding hydrogens is 272 g/mol. The zero-order valence-corrected chi connectivity index (χ0v) is 11.8. The third kappa shape index (κ3) is 3.87. The van der Waals surface area contributed by atoms with E-state index in [-0.39, 0.29) is 5.91 Å². The maximum Gasteiger partial charge on any atom is 0.248 e. The van der Waals surface area contributed by atoms with Gasteiger partial charge in [0.25, 0.3) is 0 Å². The van der Waals surface area contributed by atoms with Gasteiger partial charge in [-0.1, -0.05) is 23.7 Å². The predicted octanol–water partition coefficient (Wildman–Crippen LogP) is 3.88. The second-order valence-corrected chi connectivity index (χ2v) is 4.88. The highest BCUT2D eigenvalue weighted by atomic mass is 35.5. The number of carbonyl (C=O) groups is 1. The van der Waals surface area contributed by atoms with Crippen molar-refractivity contribution in [2.45, 2.75) is 6.92 Å². The normalized spacial score (nSPS) is 10.7. The number of halogens is 1. The quantitative estimate of drug-likeness (QED) is 0.664. The van der Waals surface area contributed by atoms with Gasteiger partial charge in [-0.3, -0.25) is 4.79 Å². The van der Waals surface area contributed by atoms with Crippen molar-refractivity contribution in [2.75, 3.05) is 11.1 Å². The molecule has 4 heteroatoms. The molecular formula is C16H15ClN2O. The van der Waals surface area contributed by atoms with Crippen LogP contribution < -0.4 is 11.1 Å². The van der Waals surface area contributed by atoms with Crippen LogP contribution >= 0.6 is 11.6 Å². The lowest BCUT2D eigenvalue weighted by molar-refractivity contribution is -0.111. The summed E-state index contributed by atoms with van der Waals surface area (Å²) in [6, 6.07) is 12.6. The van der Waals surface area contributed by atoms with E-state index in [2.05, 4.69) is 5.32 Å². The van der Waals surface area contributed by atoms with E-state index in [1.165, 1.54) is 6.08 Å². The van der Waals surface area contributed by atoms with Gasteiger partial charge >= 0.3 is 0 Å². The Balaban J connectivity index is 2.01. The van der Waals surface area contributed by atoms with Crippen molar-refractivity contribution in [1.82, 2.24) is 0 Å². The highest BCUT2D eigenvalue weighted by molar-refractivity contribution is 6.30. The van der Waals surface area contributed by atoms with E-state index in [1.54, 1.807) is 30.3 Å². The van der Waals surface area contributed by atoms with Gasteiger partial charge in [0.2, 0.25) is 5.91 Å². The number of nitrogens with two attached hydrogens (primary N) is 1. The van der Waals surface area contributed by atoms with Crippen LogP contribution in [0.3, 0.4) is 0 Å². The van der Waals surface area contributed by atoms with E-state index >= 15 is 0 Å². The molecule has 3 N–H and O–H groups in total. The highest BCUT2D eigenvalue weighted by Crippen LogP contribution is 2.15. The van der Waals surface area contributed by atoms with Crippen LogP contribution in [0.15, 0.2) is 48.5 Å². The highest BCUT2D eigenvalue weighted by Gasteiger charge is 1.98. The van der Waals surface area contributed by atoms with Crippen molar-refractivity contribution in [3.05, 3.63) is 64.7 Å². The van der Waals surface area contributed by atoms with Gasteiger partial charge in [-0.25, -0.2) is 0 Å². The summed E-state index contributed by atoms with van der Waals surface area (Å²) in [4.78, 5) is 11.8. The van der Waals surface area contributed by atoms with Gasteiger partial charge < -0.3 is 11.1 Å². The number of nitrogen functional groups attached to an aromatic ring is 1. The topological polar surface area (TPSA) is 55.1 Å². The summed E-state index contributed by atoms with van der Waals surface area (Å²) in [5, 5.41) is 3.38. The minimum absolute atomic E-state index is 0.202. The summed E-state index contributed by atoms with van der Waals surface area (Å²) in [5.41, 5.74) is 9.14. The number of benzene rings is 2. The Morgan fingerprint density at radius 3 is 2.55 bits per heavy atom. The number of aryl methyl sites for hydroxylation is 1. The first-order chi connectivity index (χ1) is 9.54. The first-order valence-electron chi connectivity index (χ1n) is 6.15. The maximum atomic E-state index is 11.8. The Bertz CT molecular complexity index is 648. The van der Waals surface area contributed by atoms with Gasteiger partial charge in [0, 0.05) is 22.5 Å². The zero-order valence-electron chi connectivity index (χ0n) is 11.1. The molecule has 0 saturated carbocycles. The Morgan fingerprint density at radius 1 is 1.20 bits per heavy atom. The molecule has 20 heavy (non-hydrogen) atoms. The maximum absolute atomic E-state index is 11.8. The van der Waals surface area contributed by atoms with Crippen molar-refractivity contribution in [1.29, 1.82) is 0 Å². The van der Waals surface area contributed by atoms with Crippen LogP contribution in [0.1, 0.15) is 11.1 Å². The van der Waals surface area contributed by atoms with Crippen molar-refractivity contribution in [3.8, 4) is 0 Å². The minimum atomic E-state index is -0.202. The van der Waals surface area contributed by atoms with Gasteiger partial charge in [0.1, 0.15) is 0 Å². The van der Waals surface area contributed by atoms with Gasteiger partial charge in [0.05, 0.1) is 0 Å². The molecule has 0 aromatic heterocycles. The van der Waals surface area contributed by atoms with Gasteiger partial charge in [0.15, 0.2) is 0 Å². The first-order valence-corrected chi connectivity index (χ1v) is 6.53. The molecule has 2 aromatic rings. The van der Waals surface area contributed by atoms with Gasteiger partial charge in [-0.05, 0) is 54.5 Å². The van der Waals surface area contributed by atoms with Crippen LogP contribution in [0.5, 0.6) is 0 Å². The fourth-order valence-electron chi connectivity index (χ4n) is 1.65. The molecule has 0 spiro atoms. The number of carbonyl (C=O) groups excluding carboxylic acids is 1. The fraction of sp³-hybridized carbons (Fsp3) is 0.0625. The van der Waals surface area contributed by atoms with E-state index in [0.717, 1.165) is 11.1 Å². The van der Waals surface area contributed by atoms with Crippen LogP contribution in [0.2, 0.25) is 5.02 Å². The first kappa shape index (κ1) is 14.2. The average molecular weight is 287 g/mol. The number of amides is 1. The second kappa shape index (κ2) is 6.26. The number of hydrogen-bond donors (Lipinski definition) is 2. The minimum Gasteiger partial charge on any atom is -0.398 e. The molecule has 0 fully saturated rings. The molecule has 2 aromatic carbocycles. The standard InChI is InChI=1S/C16H15ClN2O/c1-11-2-3-12(10-15(11)18)4-9-16(20)19-14-7-5-13(17)6-8-14/h2-10H,18H2,1H3,(H,19,20)/b9-4+. The van der Waals surface area contributed by atoms with Gasteiger partial charge in [-0.2, -0.15) is 0 Å². The van der Waals surface area contributed by atoms with E-state index in [0.29, 0.717) is 16.4 Å². The molecule has 3 nitrogen and oxygen atoms in total. The summed E-state index contributed by atoms with van der Waals surface area (Å²) < 4.78 is 0. The van der Waals surface area contributed by atoms with E-state index in [4.69, 9.17) is 17.3 Å². The Hall–Kier alpha value is -2.26. The third-order valence-electron chi connectivity index (χ3n) is 2.84. The zero-order chi connectivity index (χ0) is 14.5. The Labute approximate surface area is 123 Å². The molecule has 0 radical (unpaired) electrons. The van der Waals surface area contributed by atoms with Crippen molar-refractivity contribution < 1.29 is 4.79 Å². The number of hydrogen-bond acceptors (Lipinski definition) is 2. The van der Waals surface area contributed by atoms with Crippen LogP contribution in [0.4, 0.5) is 11.4 Å². The summed E-state index contributed by atoms with van der Waals surface area (Å²) >= 11 is 5.78. The van der Waals surface area contributed by atoms with E-state index < -0.39 is 0 Å². The largest absolute Gasteiger partial charge is 0.398 e. The average Bonchev–Trinajstić information content (AvgIpc) is 2.43. The lowest BCUT2D eigenvalue weighted by Gasteiger charge is -2.02. The van der Waals surface area contributed by atoms with Crippen LogP contribution in [-0.2, 0) is 4.79 Å². The van der Waals surface area contributed by atoms with E-state index in [9.17, 15) is 4.79 Å². The summed E-state index contributed by atoms with van der Waals surface area (Å²) in [5.74, 6) is -0.202. The van der Waals surface area contributed by atoms with Crippen LogP contribution in [-0.4, -0.2) is 5.91 Å². The summed E-state index contributed by atoms with van der Waals surface area (Å²) in [6.07, 6.45) is 3.19. The molecule has 0 aliphatic heterocycles. The Morgan fingerprint density at radius 2 is 1.90 bits per heavy atom. The molecule has 2 rings (SSSR count). The summed E-state index contributed by atoms with van der Waals surface area (Å²) in [7, 11) is 0. The molecule has 0 unspecified atom stereocenters. The molecule has 102 valence electrons. The molecule has 0 aliphatic carbocycles. The lowest BCUT2D eigenvalue weighted by Crippen LogP contribution is -2.07. The fourth-order valence-corrected chi connectivity index (χ4v) is 1.78. The Kier molecular flexibility index (Phi) is 4.43. The number of anilines is 2.